The number of hydrogen-bond acceptors (Lipinski definition) is 2. The summed E-state index contributed by atoms with van der Waals surface area (Å²) in [6.45, 7) is 2.02. The Labute approximate surface area is 109 Å². The SMILES string of the molecule is CCCC(Cc1ccc(I)cc1)OC(=O)O. The van der Waals surface area contributed by atoms with Crippen molar-refractivity contribution in [2.45, 2.75) is 32.3 Å². The number of rotatable bonds is 5. The Morgan fingerprint density at radius 3 is 2.56 bits per heavy atom. The minimum atomic E-state index is -1.19. The summed E-state index contributed by atoms with van der Waals surface area (Å²) in [7, 11) is 0. The van der Waals surface area contributed by atoms with Crippen LogP contribution in [0.1, 0.15) is 25.3 Å². The van der Waals surface area contributed by atoms with E-state index in [9.17, 15) is 4.79 Å². The molecule has 0 bridgehead atoms. The van der Waals surface area contributed by atoms with Crippen molar-refractivity contribution in [3.63, 3.8) is 0 Å². The van der Waals surface area contributed by atoms with Crippen LogP contribution in [-0.2, 0) is 11.2 Å². The van der Waals surface area contributed by atoms with Crippen LogP contribution < -0.4 is 0 Å². The van der Waals surface area contributed by atoms with E-state index in [4.69, 9.17) is 9.84 Å². The van der Waals surface area contributed by atoms with E-state index in [1.165, 1.54) is 3.57 Å². The lowest BCUT2D eigenvalue weighted by Crippen LogP contribution is -2.19. The van der Waals surface area contributed by atoms with Crippen LogP contribution in [0.4, 0.5) is 4.79 Å². The highest BCUT2D eigenvalue weighted by Gasteiger charge is 2.13. The molecule has 88 valence electrons. The lowest BCUT2D eigenvalue weighted by atomic mass is 10.0. The summed E-state index contributed by atoms with van der Waals surface area (Å²) in [4.78, 5) is 10.5. The fraction of sp³-hybridized carbons (Fsp3) is 0.417. The van der Waals surface area contributed by atoms with Crippen LogP contribution in [0.2, 0.25) is 0 Å². The molecular weight excluding hydrogens is 319 g/mol. The molecule has 3 nitrogen and oxygen atoms in total. The van der Waals surface area contributed by atoms with Gasteiger partial charge in [0.1, 0.15) is 6.10 Å². The Balaban J connectivity index is 2.59. The van der Waals surface area contributed by atoms with Crippen LogP contribution in [-0.4, -0.2) is 17.4 Å². The van der Waals surface area contributed by atoms with E-state index < -0.39 is 6.16 Å². The monoisotopic (exact) mass is 334 g/mol. The van der Waals surface area contributed by atoms with Crippen molar-refractivity contribution >= 4 is 28.7 Å². The van der Waals surface area contributed by atoms with Crippen molar-refractivity contribution in [3.05, 3.63) is 33.4 Å². The van der Waals surface area contributed by atoms with Gasteiger partial charge in [-0.25, -0.2) is 4.79 Å². The van der Waals surface area contributed by atoms with Gasteiger partial charge in [-0.05, 0) is 46.7 Å². The molecule has 1 rings (SSSR count). The van der Waals surface area contributed by atoms with Gasteiger partial charge in [0.05, 0.1) is 0 Å². The Morgan fingerprint density at radius 1 is 1.44 bits per heavy atom. The largest absolute Gasteiger partial charge is 0.506 e. The molecule has 0 heterocycles. The van der Waals surface area contributed by atoms with Gasteiger partial charge in [0.25, 0.3) is 0 Å². The van der Waals surface area contributed by atoms with Gasteiger partial charge in [0, 0.05) is 9.99 Å². The maximum atomic E-state index is 10.5. The summed E-state index contributed by atoms with van der Waals surface area (Å²) in [5.74, 6) is 0. The zero-order valence-corrected chi connectivity index (χ0v) is 11.3. The van der Waals surface area contributed by atoms with Crippen molar-refractivity contribution in [2.24, 2.45) is 0 Å². The van der Waals surface area contributed by atoms with Crippen LogP contribution >= 0.6 is 22.6 Å². The molecule has 0 aromatic heterocycles. The van der Waals surface area contributed by atoms with Crippen molar-refractivity contribution in [1.82, 2.24) is 0 Å². The molecule has 0 amide bonds. The number of ether oxygens (including phenoxy) is 1. The van der Waals surface area contributed by atoms with E-state index in [0.717, 1.165) is 18.4 Å². The molecule has 0 radical (unpaired) electrons. The zero-order chi connectivity index (χ0) is 12.0. The topological polar surface area (TPSA) is 46.5 Å². The highest BCUT2D eigenvalue weighted by Crippen LogP contribution is 2.13. The molecule has 0 aliphatic heterocycles. The van der Waals surface area contributed by atoms with Gasteiger partial charge >= 0.3 is 6.16 Å². The van der Waals surface area contributed by atoms with Crippen molar-refractivity contribution in [1.29, 1.82) is 0 Å². The highest BCUT2D eigenvalue weighted by atomic mass is 127. The minimum absolute atomic E-state index is 0.234. The Kier molecular flexibility index (Phi) is 5.59. The molecule has 1 atom stereocenters. The third-order valence-corrected chi connectivity index (χ3v) is 2.97. The maximum Gasteiger partial charge on any atom is 0.506 e. The first-order valence-corrected chi connectivity index (χ1v) is 6.33. The molecule has 16 heavy (non-hydrogen) atoms. The molecular formula is C12H15IO3. The van der Waals surface area contributed by atoms with Crippen molar-refractivity contribution in [2.75, 3.05) is 0 Å². The molecule has 4 heteroatoms. The first-order chi connectivity index (χ1) is 7.61. The third-order valence-electron chi connectivity index (χ3n) is 2.25. The summed E-state index contributed by atoms with van der Waals surface area (Å²) in [6, 6.07) is 8.05. The quantitative estimate of drug-likeness (QED) is 0.660. The van der Waals surface area contributed by atoms with E-state index in [0.29, 0.717) is 6.42 Å². The van der Waals surface area contributed by atoms with Gasteiger partial charge in [-0.15, -0.1) is 0 Å². The molecule has 0 saturated carbocycles. The van der Waals surface area contributed by atoms with Gasteiger partial charge in [-0.1, -0.05) is 25.5 Å². The summed E-state index contributed by atoms with van der Waals surface area (Å²) in [5.41, 5.74) is 1.11. The molecule has 0 aliphatic rings. The second-order valence-corrected chi connectivity index (χ2v) is 4.87. The minimum Gasteiger partial charge on any atom is -0.450 e. The summed E-state index contributed by atoms with van der Waals surface area (Å²) in [6.07, 6.45) is 0.906. The molecule has 1 aromatic rings. The second-order valence-electron chi connectivity index (χ2n) is 3.63. The molecule has 1 unspecified atom stereocenters. The number of benzene rings is 1. The predicted octanol–water partition coefficient (Wildman–Crippen LogP) is 3.70. The van der Waals surface area contributed by atoms with Crippen LogP contribution in [0, 0.1) is 3.57 Å². The summed E-state index contributed by atoms with van der Waals surface area (Å²) < 4.78 is 6.01. The third kappa shape index (κ3) is 4.83. The van der Waals surface area contributed by atoms with Gasteiger partial charge in [0.15, 0.2) is 0 Å². The van der Waals surface area contributed by atoms with E-state index in [2.05, 4.69) is 22.6 Å². The van der Waals surface area contributed by atoms with Gasteiger partial charge in [0.2, 0.25) is 0 Å². The summed E-state index contributed by atoms with van der Waals surface area (Å²) in [5, 5.41) is 8.61. The normalized spacial score (nSPS) is 12.1. The van der Waals surface area contributed by atoms with Crippen LogP contribution in [0.25, 0.3) is 0 Å². The molecule has 0 aliphatic carbocycles. The standard InChI is InChI=1S/C12H15IO3/c1-2-3-11(16-12(14)15)8-9-4-6-10(13)7-5-9/h4-7,11H,2-3,8H2,1H3,(H,14,15). The summed E-state index contributed by atoms with van der Waals surface area (Å²) >= 11 is 2.24. The number of halogens is 1. The first-order valence-electron chi connectivity index (χ1n) is 5.26. The number of hydrogen-bond donors (Lipinski definition) is 1. The number of carbonyl (C=O) groups is 1. The first kappa shape index (κ1) is 13.3. The van der Waals surface area contributed by atoms with Gasteiger partial charge in [-0.2, -0.15) is 0 Å². The Hall–Kier alpha value is -0.780. The smallest absolute Gasteiger partial charge is 0.450 e. The molecule has 1 N–H and O–H groups in total. The Bertz CT molecular complexity index is 335. The average Bonchev–Trinajstić information content (AvgIpc) is 2.21. The van der Waals surface area contributed by atoms with E-state index in [1.807, 2.05) is 31.2 Å². The molecule has 0 spiro atoms. The second kappa shape index (κ2) is 6.73. The average molecular weight is 334 g/mol. The molecule has 1 aromatic carbocycles. The predicted molar refractivity (Wildman–Crippen MR) is 70.7 cm³/mol. The Morgan fingerprint density at radius 2 is 2.06 bits per heavy atom. The highest BCUT2D eigenvalue weighted by molar-refractivity contribution is 14.1. The van der Waals surface area contributed by atoms with Crippen LogP contribution in [0.15, 0.2) is 24.3 Å². The molecule has 0 fully saturated rings. The van der Waals surface area contributed by atoms with Gasteiger partial charge in [-0.3, -0.25) is 0 Å². The lowest BCUT2D eigenvalue weighted by Gasteiger charge is -2.15. The van der Waals surface area contributed by atoms with Crippen molar-refractivity contribution in [3.8, 4) is 0 Å². The lowest BCUT2D eigenvalue weighted by molar-refractivity contribution is 0.0481. The van der Waals surface area contributed by atoms with Crippen molar-refractivity contribution < 1.29 is 14.6 Å². The van der Waals surface area contributed by atoms with Crippen LogP contribution in [0.5, 0.6) is 0 Å². The number of carboxylic acid groups (broad SMARTS) is 1. The van der Waals surface area contributed by atoms with E-state index >= 15 is 0 Å². The van der Waals surface area contributed by atoms with Crippen LogP contribution in [0.3, 0.4) is 0 Å². The fourth-order valence-electron chi connectivity index (χ4n) is 1.55. The zero-order valence-electron chi connectivity index (χ0n) is 9.15. The molecule has 0 saturated heterocycles. The maximum absolute atomic E-state index is 10.5. The van der Waals surface area contributed by atoms with E-state index in [-0.39, 0.29) is 6.10 Å². The van der Waals surface area contributed by atoms with E-state index in [1.54, 1.807) is 0 Å². The fourth-order valence-corrected chi connectivity index (χ4v) is 1.91. The van der Waals surface area contributed by atoms with Gasteiger partial charge < -0.3 is 9.84 Å².